The Bertz CT molecular complexity index is 886. The lowest BCUT2D eigenvalue weighted by Crippen LogP contribution is -2.53. The number of hydrogen-bond acceptors (Lipinski definition) is 5. The number of rotatable bonds is 6. The van der Waals surface area contributed by atoms with Crippen molar-refractivity contribution in [1.29, 1.82) is 0 Å². The zero-order valence-corrected chi connectivity index (χ0v) is 17.8. The normalized spacial score (nSPS) is 17.9. The zero-order chi connectivity index (χ0) is 20.4. The minimum atomic E-state index is -3.84. The van der Waals surface area contributed by atoms with Gasteiger partial charge in [-0.3, -0.25) is 4.79 Å². The average molecular weight is 417 g/mol. The number of hydrogen-bond donors (Lipinski definition) is 1. The highest BCUT2D eigenvalue weighted by molar-refractivity contribution is 7.91. The molecule has 0 aliphatic carbocycles. The van der Waals surface area contributed by atoms with Crippen LogP contribution in [0, 0.1) is 12.8 Å². The standard InChI is InChI=1S/C18H28N2O5S2/c1-13(2)17(19-27(24,25)16-7-5-6-14(3)12-16)18(21)20-10-8-15(9-11-20)26(4,22)23/h5-7,12-13,15,17,19H,8-11H2,1-4H3. The first-order valence-electron chi connectivity index (χ1n) is 8.98. The van der Waals surface area contributed by atoms with Crippen LogP contribution in [0.15, 0.2) is 29.2 Å². The highest BCUT2D eigenvalue weighted by Crippen LogP contribution is 2.20. The average Bonchev–Trinajstić information content (AvgIpc) is 2.58. The van der Waals surface area contributed by atoms with Crippen molar-refractivity contribution in [2.75, 3.05) is 19.3 Å². The van der Waals surface area contributed by atoms with E-state index in [0.717, 1.165) is 5.56 Å². The quantitative estimate of drug-likeness (QED) is 0.754. The van der Waals surface area contributed by atoms with E-state index in [1.807, 2.05) is 0 Å². The lowest BCUT2D eigenvalue weighted by molar-refractivity contribution is -0.134. The van der Waals surface area contributed by atoms with Crippen molar-refractivity contribution in [3.05, 3.63) is 29.8 Å². The molecule has 1 amide bonds. The van der Waals surface area contributed by atoms with Crippen LogP contribution in [0.5, 0.6) is 0 Å². The molecule has 152 valence electrons. The van der Waals surface area contributed by atoms with Gasteiger partial charge in [0.15, 0.2) is 0 Å². The van der Waals surface area contributed by atoms with Crippen LogP contribution in [0.2, 0.25) is 0 Å². The van der Waals surface area contributed by atoms with Crippen LogP contribution in [-0.2, 0) is 24.7 Å². The molecule has 1 unspecified atom stereocenters. The predicted octanol–water partition coefficient (Wildman–Crippen LogP) is 1.33. The molecule has 0 saturated carbocycles. The fraction of sp³-hybridized carbons (Fsp3) is 0.611. The molecule has 2 rings (SSSR count). The highest BCUT2D eigenvalue weighted by Gasteiger charge is 2.35. The number of amides is 1. The Morgan fingerprint density at radius 2 is 1.74 bits per heavy atom. The van der Waals surface area contributed by atoms with Gasteiger partial charge in [-0.15, -0.1) is 0 Å². The van der Waals surface area contributed by atoms with Gasteiger partial charge in [-0.05, 0) is 43.4 Å². The molecule has 1 aliphatic heterocycles. The van der Waals surface area contributed by atoms with Crippen LogP contribution >= 0.6 is 0 Å². The van der Waals surface area contributed by atoms with Gasteiger partial charge in [0.25, 0.3) is 0 Å². The summed E-state index contributed by atoms with van der Waals surface area (Å²) in [7, 11) is -6.97. The summed E-state index contributed by atoms with van der Waals surface area (Å²) >= 11 is 0. The van der Waals surface area contributed by atoms with Crippen LogP contribution in [0.1, 0.15) is 32.3 Å². The van der Waals surface area contributed by atoms with Crippen molar-refractivity contribution < 1.29 is 21.6 Å². The van der Waals surface area contributed by atoms with Crippen LogP contribution in [0.3, 0.4) is 0 Å². The number of sulfone groups is 1. The molecule has 7 nitrogen and oxygen atoms in total. The SMILES string of the molecule is Cc1cccc(S(=O)(=O)NC(C(=O)N2CCC(S(C)(=O)=O)CC2)C(C)C)c1. The summed E-state index contributed by atoms with van der Waals surface area (Å²) in [5, 5.41) is -0.442. The zero-order valence-electron chi connectivity index (χ0n) is 16.2. The summed E-state index contributed by atoms with van der Waals surface area (Å²) in [6.45, 7) is 5.99. The number of carbonyl (C=O) groups is 1. The van der Waals surface area contributed by atoms with Crippen LogP contribution in [-0.4, -0.2) is 58.3 Å². The van der Waals surface area contributed by atoms with Gasteiger partial charge >= 0.3 is 0 Å². The largest absolute Gasteiger partial charge is 0.341 e. The Hall–Kier alpha value is -1.45. The third-order valence-corrected chi connectivity index (χ3v) is 8.00. The van der Waals surface area contributed by atoms with E-state index in [-0.39, 0.29) is 16.7 Å². The maximum absolute atomic E-state index is 12.9. The minimum absolute atomic E-state index is 0.122. The molecule has 0 aromatic heterocycles. The molecular weight excluding hydrogens is 388 g/mol. The van der Waals surface area contributed by atoms with E-state index in [1.54, 1.807) is 43.9 Å². The Morgan fingerprint density at radius 1 is 1.15 bits per heavy atom. The Balaban J connectivity index is 2.14. The van der Waals surface area contributed by atoms with E-state index in [9.17, 15) is 21.6 Å². The third kappa shape index (κ3) is 5.52. The van der Waals surface area contributed by atoms with E-state index in [0.29, 0.717) is 25.9 Å². The van der Waals surface area contributed by atoms with Crippen molar-refractivity contribution in [3.63, 3.8) is 0 Å². The molecule has 1 atom stereocenters. The van der Waals surface area contributed by atoms with Crippen molar-refractivity contribution in [1.82, 2.24) is 9.62 Å². The number of benzene rings is 1. The van der Waals surface area contributed by atoms with Gasteiger partial charge in [0.05, 0.1) is 10.1 Å². The Morgan fingerprint density at radius 3 is 2.22 bits per heavy atom. The molecule has 9 heteroatoms. The van der Waals surface area contributed by atoms with Crippen LogP contribution in [0.4, 0.5) is 0 Å². The fourth-order valence-corrected chi connectivity index (χ4v) is 5.70. The van der Waals surface area contributed by atoms with Crippen molar-refractivity contribution >= 4 is 25.8 Å². The molecule has 1 heterocycles. The molecule has 0 radical (unpaired) electrons. The first-order valence-corrected chi connectivity index (χ1v) is 12.4. The summed E-state index contributed by atoms with van der Waals surface area (Å²) in [5.41, 5.74) is 0.813. The van der Waals surface area contributed by atoms with Gasteiger partial charge in [-0.1, -0.05) is 26.0 Å². The Kier molecular flexibility index (Phi) is 6.70. The molecule has 0 bridgehead atoms. The fourth-order valence-electron chi connectivity index (χ4n) is 3.19. The molecule has 1 aromatic carbocycles. The van der Waals surface area contributed by atoms with Gasteiger partial charge < -0.3 is 4.90 Å². The van der Waals surface area contributed by atoms with Gasteiger partial charge in [-0.25, -0.2) is 16.8 Å². The van der Waals surface area contributed by atoms with Gasteiger partial charge in [0.2, 0.25) is 15.9 Å². The van der Waals surface area contributed by atoms with Crippen molar-refractivity contribution in [3.8, 4) is 0 Å². The number of likely N-dealkylation sites (tertiary alicyclic amines) is 1. The number of aryl methyl sites for hydroxylation is 1. The van der Waals surface area contributed by atoms with E-state index in [2.05, 4.69) is 4.72 Å². The molecule has 1 N–H and O–H groups in total. The van der Waals surface area contributed by atoms with Gasteiger partial charge in [-0.2, -0.15) is 4.72 Å². The number of nitrogens with zero attached hydrogens (tertiary/aromatic N) is 1. The number of piperidine rings is 1. The smallest absolute Gasteiger partial charge is 0.241 e. The number of carbonyl (C=O) groups excluding carboxylic acids is 1. The first kappa shape index (κ1) is 21.8. The van der Waals surface area contributed by atoms with E-state index in [4.69, 9.17) is 0 Å². The molecule has 1 fully saturated rings. The van der Waals surface area contributed by atoms with Crippen LogP contribution in [0.25, 0.3) is 0 Å². The summed E-state index contributed by atoms with van der Waals surface area (Å²) < 4.78 is 51.3. The molecule has 1 aliphatic rings. The topological polar surface area (TPSA) is 101 Å². The summed E-state index contributed by atoms with van der Waals surface area (Å²) in [5.74, 6) is -0.558. The molecule has 1 saturated heterocycles. The Labute approximate surface area is 162 Å². The van der Waals surface area contributed by atoms with E-state index < -0.39 is 31.2 Å². The van der Waals surface area contributed by atoms with Crippen molar-refractivity contribution in [2.45, 2.75) is 49.8 Å². The summed E-state index contributed by atoms with van der Waals surface area (Å²) in [6.07, 6.45) is 1.96. The van der Waals surface area contributed by atoms with Gasteiger partial charge in [0.1, 0.15) is 15.9 Å². The number of sulfonamides is 1. The molecule has 0 spiro atoms. The predicted molar refractivity (Wildman–Crippen MR) is 105 cm³/mol. The first-order chi connectivity index (χ1) is 12.4. The maximum Gasteiger partial charge on any atom is 0.241 e. The molecular formula is C18H28N2O5S2. The van der Waals surface area contributed by atoms with Crippen molar-refractivity contribution in [2.24, 2.45) is 5.92 Å². The number of nitrogens with one attached hydrogen (secondary N) is 1. The van der Waals surface area contributed by atoms with Gasteiger partial charge in [0, 0.05) is 19.3 Å². The van der Waals surface area contributed by atoms with Crippen LogP contribution < -0.4 is 4.72 Å². The lowest BCUT2D eigenvalue weighted by atomic mass is 10.0. The van der Waals surface area contributed by atoms with E-state index in [1.165, 1.54) is 12.3 Å². The monoisotopic (exact) mass is 416 g/mol. The lowest BCUT2D eigenvalue weighted by Gasteiger charge is -2.34. The van der Waals surface area contributed by atoms with E-state index >= 15 is 0 Å². The minimum Gasteiger partial charge on any atom is -0.341 e. The second-order valence-corrected chi connectivity index (χ2v) is 11.6. The highest BCUT2D eigenvalue weighted by atomic mass is 32.2. The molecule has 27 heavy (non-hydrogen) atoms. The second kappa shape index (κ2) is 8.28. The molecule has 1 aromatic rings. The summed E-state index contributed by atoms with van der Waals surface area (Å²) in [6, 6.07) is 5.61. The maximum atomic E-state index is 12.9. The second-order valence-electron chi connectivity index (χ2n) is 7.51. The third-order valence-electron chi connectivity index (χ3n) is 4.87. The summed E-state index contributed by atoms with van der Waals surface area (Å²) in [4.78, 5) is 14.6.